The van der Waals surface area contributed by atoms with E-state index in [4.69, 9.17) is 0 Å². The highest BCUT2D eigenvalue weighted by atomic mass is 16.5. The number of aryl methyl sites for hydroxylation is 2. The maximum atomic E-state index is 11.4. The van der Waals surface area contributed by atoms with E-state index < -0.39 is 36.3 Å². The molecule has 160 valence electrons. The van der Waals surface area contributed by atoms with Crippen LogP contribution in [-0.2, 0) is 42.7 Å². The van der Waals surface area contributed by atoms with Crippen molar-refractivity contribution in [1.29, 1.82) is 0 Å². The molecule has 0 aliphatic heterocycles. The van der Waals surface area contributed by atoms with Gasteiger partial charge in [0, 0.05) is 50.0 Å². The van der Waals surface area contributed by atoms with Gasteiger partial charge in [-0.2, -0.15) is 0 Å². The molecule has 2 rings (SSSR count). The molecule has 2 heterocycles. The molecule has 0 fully saturated rings. The van der Waals surface area contributed by atoms with Crippen molar-refractivity contribution in [3.63, 3.8) is 0 Å². The Kier molecular flexibility index (Phi) is 9.08. The first-order chi connectivity index (χ1) is 14.1. The third kappa shape index (κ3) is 7.30. The third-order valence-electron chi connectivity index (χ3n) is 3.78. The predicted molar refractivity (Wildman–Crippen MR) is 103 cm³/mol. The van der Waals surface area contributed by atoms with Gasteiger partial charge < -0.3 is 18.6 Å². The summed E-state index contributed by atoms with van der Waals surface area (Å²) in [6.45, 7) is 0. The number of ether oxygens (including phenoxy) is 2. The fourth-order valence-corrected chi connectivity index (χ4v) is 2.20. The van der Waals surface area contributed by atoms with E-state index in [0.29, 0.717) is 11.1 Å². The number of hydrogen-bond donors (Lipinski definition) is 0. The lowest BCUT2D eigenvalue weighted by Gasteiger charge is -1.96. The Morgan fingerprint density at radius 1 is 0.700 bits per heavy atom. The number of carbonyl (C=O) groups excluding carboxylic acids is 6. The summed E-state index contributed by atoms with van der Waals surface area (Å²) in [5.41, 5.74) is 0.824. The molecule has 0 aliphatic carbocycles. The minimum atomic E-state index is -0.987. The largest absolute Gasteiger partial charge is 0.463 e. The summed E-state index contributed by atoms with van der Waals surface area (Å²) >= 11 is 0. The molecule has 0 bridgehead atoms. The number of methoxy groups -OCH3 is 2. The summed E-state index contributed by atoms with van der Waals surface area (Å²) in [6, 6.07) is 3.18. The van der Waals surface area contributed by atoms with Crippen molar-refractivity contribution >= 4 is 35.1 Å². The number of hydrogen-bond acceptors (Lipinski definition) is 8. The summed E-state index contributed by atoms with van der Waals surface area (Å²) in [5, 5.41) is 0. The molecule has 0 unspecified atom stereocenters. The highest BCUT2D eigenvalue weighted by molar-refractivity contribution is 6.38. The van der Waals surface area contributed by atoms with Gasteiger partial charge >= 0.3 is 11.9 Å². The smallest absolute Gasteiger partial charge is 0.374 e. The zero-order valence-electron chi connectivity index (χ0n) is 17.0. The molecule has 2 aromatic rings. The first-order valence-electron chi connectivity index (χ1n) is 8.61. The Bertz CT molecular complexity index is 889. The summed E-state index contributed by atoms with van der Waals surface area (Å²) in [7, 11) is 5.73. The van der Waals surface area contributed by atoms with Crippen LogP contribution in [0.5, 0.6) is 0 Å². The van der Waals surface area contributed by atoms with Crippen LogP contribution >= 0.6 is 0 Å². The fraction of sp³-hybridized carbons (Fsp3) is 0.300. The second-order valence-electron chi connectivity index (χ2n) is 6.16. The van der Waals surface area contributed by atoms with E-state index >= 15 is 0 Å². The highest BCUT2D eigenvalue weighted by Crippen LogP contribution is 2.05. The Morgan fingerprint density at radius 2 is 1.03 bits per heavy atom. The summed E-state index contributed by atoms with van der Waals surface area (Å²) < 4.78 is 11.8. The Morgan fingerprint density at radius 3 is 1.27 bits per heavy atom. The van der Waals surface area contributed by atoms with Crippen LogP contribution in [0.15, 0.2) is 36.9 Å². The van der Waals surface area contributed by atoms with Gasteiger partial charge in [0.05, 0.1) is 27.1 Å². The second-order valence-corrected chi connectivity index (χ2v) is 6.16. The van der Waals surface area contributed by atoms with Crippen molar-refractivity contribution in [2.24, 2.45) is 14.1 Å². The molecule has 0 radical (unpaired) electrons. The van der Waals surface area contributed by atoms with Crippen LogP contribution in [0.25, 0.3) is 0 Å². The van der Waals surface area contributed by atoms with Gasteiger partial charge in [-0.15, -0.1) is 0 Å². The number of aromatic nitrogens is 2. The Balaban J connectivity index is 0.000000300. The van der Waals surface area contributed by atoms with E-state index in [1.165, 1.54) is 0 Å². The molecule has 0 amide bonds. The molecular weight excluding hydrogens is 396 g/mol. The Labute approximate surface area is 172 Å². The van der Waals surface area contributed by atoms with Crippen LogP contribution in [0.1, 0.15) is 33.6 Å². The molecule has 10 heteroatoms. The molecule has 30 heavy (non-hydrogen) atoms. The fourth-order valence-electron chi connectivity index (χ4n) is 2.20. The van der Waals surface area contributed by atoms with Crippen LogP contribution < -0.4 is 0 Å². The number of nitrogens with zero attached hydrogens (tertiary/aromatic N) is 2. The van der Waals surface area contributed by atoms with E-state index in [9.17, 15) is 28.8 Å². The number of carbonyl (C=O) groups is 6. The zero-order chi connectivity index (χ0) is 22.8. The molecular formula is C20H22N2O8. The topological polar surface area (TPSA) is 131 Å². The molecule has 0 saturated carbocycles. The maximum absolute atomic E-state index is 11.4. The molecule has 0 saturated heterocycles. The summed E-state index contributed by atoms with van der Waals surface area (Å²) in [5.74, 6) is -4.40. The summed E-state index contributed by atoms with van der Waals surface area (Å²) in [4.78, 5) is 66.5. The van der Waals surface area contributed by atoms with E-state index in [1.54, 1.807) is 60.1 Å². The first-order valence-corrected chi connectivity index (χ1v) is 8.61. The van der Waals surface area contributed by atoms with Gasteiger partial charge in [-0.3, -0.25) is 19.2 Å². The van der Waals surface area contributed by atoms with Crippen LogP contribution in [0.4, 0.5) is 0 Å². The standard InChI is InChI=1S/2C10H11NO4/c2*1-11-4-3-7(6-11)8(12)5-9(13)10(14)15-2/h2*3-4,6H,5H2,1-2H3. The highest BCUT2D eigenvalue weighted by Gasteiger charge is 2.20. The van der Waals surface area contributed by atoms with Gasteiger partial charge in [-0.05, 0) is 12.1 Å². The van der Waals surface area contributed by atoms with Crippen molar-refractivity contribution < 1.29 is 38.2 Å². The molecule has 0 N–H and O–H groups in total. The van der Waals surface area contributed by atoms with E-state index in [2.05, 4.69) is 9.47 Å². The van der Waals surface area contributed by atoms with Crippen molar-refractivity contribution in [3.8, 4) is 0 Å². The quantitative estimate of drug-likeness (QED) is 0.265. The minimum absolute atomic E-state index is 0.383. The van der Waals surface area contributed by atoms with E-state index in [-0.39, 0.29) is 11.6 Å². The number of rotatable bonds is 8. The van der Waals surface area contributed by atoms with Crippen molar-refractivity contribution in [2.75, 3.05) is 14.2 Å². The average Bonchev–Trinajstić information content (AvgIpc) is 3.35. The lowest BCUT2D eigenvalue weighted by Crippen LogP contribution is -2.19. The molecule has 0 atom stereocenters. The van der Waals surface area contributed by atoms with Gasteiger partial charge in [0.1, 0.15) is 0 Å². The zero-order valence-corrected chi connectivity index (χ0v) is 17.0. The van der Waals surface area contributed by atoms with Crippen LogP contribution in [-0.4, -0.2) is 58.4 Å². The van der Waals surface area contributed by atoms with Crippen LogP contribution in [0.3, 0.4) is 0 Å². The first kappa shape index (κ1) is 24.2. The van der Waals surface area contributed by atoms with Crippen LogP contribution in [0, 0.1) is 0 Å². The lowest BCUT2D eigenvalue weighted by atomic mass is 10.1. The summed E-state index contributed by atoms with van der Waals surface area (Å²) in [6.07, 6.45) is 5.67. The monoisotopic (exact) mass is 418 g/mol. The normalized spacial score (nSPS) is 9.73. The molecule has 0 aromatic carbocycles. The predicted octanol–water partition coefficient (Wildman–Crippen LogP) is 0.680. The minimum Gasteiger partial charge on any atom is -0.463 e. The second kappa shape index (κ2) is 11.2. The lowest BCUT2D eigenvalue weighted by molar-refractivity contribution is -0.151. The maximum Gasteiger partial charge on any atom is 0.374 e. The van der Waals surface area contributed by atoms with Crippen LogP contribution in [0.2, 0.25) is 0 Å². The van der Waals surface area contributed by atoms with E-state index in [0.717, 1.165) is 14.2 Å². The number of ketones is 4. The number of esters is 2. The third-order valence-corrected chi connectivity index (χ3v) is 3.78. The average molecular weight is 418 g/mol. The van der Waals surface area contributed by atoms with Crippen molar-refractivity contribution in [2.45, 2.75) is 12.8 Å². The molecule has 0 aliphatic rings. The van der Waals surface area contributed by atoms with Gasteiger partial charge in [0.2, 0.25) is 11.6 Å². The molecule has 10 nitrogen and oxygen atoms in total. The van der Waals surface area contributed by atoms with Gasteiger partial charge in [-0.1, -0.05) is 0 Å². The SMILES string of the molecule is COC(=O)C(=O)CC(=O)c1ccn(C)c1.COC(=O)C(=O)CC(=O)c1ccn(C)c1. The van der Waals surface area contributed by atoms with Gasteiger partial charge in [0.15, 0.2) is 11.6 Å². The molecule has 2 aromatic heterocycles. The Hall–Kier alpha value is -3.82. The van der Waals surface area contributed by atoms with Gasteiger partial charge in [-0.25, -0.2) is 9.59 Å². The molecule has 0 spiro atoms. The van der Waals surface area contributed by atoms with Crippen molar-refractivity contribution in [1.82, 2.24) is 9.13 Å². The number of Topliss-reactive ketones (excluding diaryl/α,β-unsaturated/α-hetero) is 4. The van der Waals surface area contributed by atoms with Gasteiger partial charge in [0.25, 0.3) is 0 Å². The van der Waals surface area contributed by atoms with E-state index in [1.807, 2.05) is 0 Å². The van der Waals surface area contributed by atoms with Crippen molar-refractivity contribution in [3.05, 3.63) is 48.0 Å².